The second kappa shape index (κ2) is 5.55. The second-order valence-electron chi connectivity index (χ2n) is 3.57. The third-order valence-corrected chi connectivity index (χ3v) is 3.26. The van der Waals surface area contributed by atoms with Gasteiger partial charge in [0.05, 0.1) is 0 Å². The highest BCUT2D eigenvalue weighted by molar-refractivity contribution is 7.98. The smallest absolute Gasteiger partial charge is 0.211 e. The molecular formula is C14H13NOS. The van der Waals surface area contributed by atoms with E-state index in [9.17, 15) is 4.79 Å². The summed E-state index contributed by atoms with van der Waals surface area (Å²) in [4.78, 5) is 11.6. The number of nitrogens with one attached hydrogen (secondary N) is 1. The monoisotopic (exact) mass is 243 g/mol. The molecular weight excluding hydrogens is 230 g/mol. The minimum absolute atomic E-state index is 0.690. The lowest BCUT2D eigenvalue weighted by Gasteiger charge is -2.05. The van der Waals surface area contributed by atoms with Gasteiger partial charge in [-0.2, -0.15) is 0 Å². The Balaban J connectivity index is 2.31. The van der Waals surface area contributed by atoms with Crippen molar-refractivity contribution >= 4 is 23.9 Å². The first-order valence-corrected chi connectivity index (χ1v) is 6.50. The van der Waals surface area contributed by atoms with E-state index in [1.165, 1.54) is 4.90 Å². The van der Waals surface area contributed by atoms with Crippen LogP contribution in [0.4, 0.5) is 5.69 Å². The van der Waals surface area contributed by atoms with Gasteiger partial charge in [0, 0.05) is 10.6 Å². The van der Waals surface area contributed by atoms with Crippen LogP contribution in [-0.4, -0.2) is 12.7 Å². The standard InChI is InChI=1S/C14H13NOS/c1-17-14-7-5-11(6-8-14)12-3-2-4-13(9-12)15-10-16/h2-10H,1H3,(H,15,16). The topological polar surface area (TPSA) is 29.1 Å². The van der Waals surface area contributed by atoms with E-state index in [0.29, 0.717) is 6.41 Å². The molecule has 0 aliphatic rings. The summed E-state index contributed by atoms with van der Waals surface area (Å²) in [6, 6.07) is 16.2. The van der Waals surface area contributed by atoms with Crippen LogP contribution in [0.5, 0.6) is 0 Å². The molecule has 0 unspecified atom stereocenters. The minimum atomic E-state index is 0.690. The fourth-order valence-electron chi connectivity index (χ4n) is 1.64. The summed E-state index contributed by atoms with van der Waals surface area (Å²) in [5, 5.41) is 2.66. The molecule has 3 heteroatoms. The first-order valence-electron chi connectivity index (χ1n) is 5.28. The highest BCUT2D eigenvalue weighted by Gasteiger charge is 1.99. The van der Waals surface area contributed by atoms with Crippen LogP contribution in [0.1, 0.15) is 0 Å². The van der Waals surface area contributed by atoms with Gasteiger partial charge in [0.25, 0.3) is 0 Å². The lowest BCUT2D eigenvalue weighted by Crippen LogP contribution is -1.93. The predicted molar refractivity (Wildman–Crippen MR) is 73.3 cm³/mol. The number of anilines is 1. The van der Waals surface area contributed by atoms with E-state index in [-0.39, 0.29) is 0 Å². The Morgan fingerprint density at radius 3 is 2.47 bits per heavy atom. The maximum atomic E-state index is 10.4. The van der Waals surface area contributed by atoms with Gasteiger partial charge < -0.3 is 5.32 Å². The molecule has 2 aromatic carbocycles. The van der Waals surface area contributed by atoms with Crippen molar-refractivity contribution in [3.63, 3.8) is 0 Å². The molecule has 0 aromatic heterocycles. The van der Waals surface area contributed by atoms with Crippen molar-refractivity contribution in [1.82, 2.24) is 0 Å². The lowest BCUT2D eigenvalue weighted by molar-refractivity contribution is -0.105. The highest BCUT2D eigenvalue weighted by atomic mass is 32.2. The van der Waals surface area contributed by atoms with Gasteiger partial charge in [-0.15, -0.1) is 11.8 Å². The fourth-order valence-corrected chi connectivity index (χ4v) is 2.05. The summed E-state index contributed by atoms with van der Waals surface area (Å²) in [6.45, 7) is 0. The largest absolute Gasteiger partial charge is 0.329 e. The molecule has 0 heterocycles. The summed E-state index contributed by atoms with van der Waals surface area (Å²) in [6.07, 6.45) is 2.75. The van der Waals surface area contributed by atoms with Gasteiger partial charge >= 0.3 is 0 Å². The van der Waals surface area contributed by atoms with Crippen LogP contribution in [-0.2, 0) is 4.79 Å². The molecule has 0 saturated heterocycles. The first-order chi connectivity index (χ1) is 8.33. The van der Waals surface area contributed by atoms with Crippen LogP contribution in [0, 0.1) is 0 Å². The van der Waals surface area contributed by atoms with Gasteiger partial charge in [-0.1, -0.05) is 24.3 Å². The quantitative estimate of drug-likeness (QED) is 0.656. The lowest BCUT2D eigenvalue weighted by atomic mass is 10.1. The zero-order chi connectivity index (χ0) is 12.1. The highest BCUT2D eigenvalue weighted by Crippen LogP contribution is 2.24. The summed E-state index contributed by atoms with van der Waals surface area (Å²) in [5.41, 5.74) is 3.06. The first kappa shape index (κ1) is 11.7. The molecule has 0 saturated carbocycles. The molecule has 0 aliphatic heterocycles. The van der Waals surface area contributed by atoms with Crippen molar-refractivity contribution in [1.29, 1.82) is 0 Å². The fraction of sp³-hybridized carbons (Fsp3) is 0.0714. The Morgan fingerprint density at radius 1 is 1.06 bits per heavy atom. The molecule has 17 heavy (non-hydrogen) atoms. The van der Waals surface area contributed by atoms with Crippen molar-refractivity contribution in [2.24, 2.45) is 0 Å². The Hall–Kier alpha value is -1.74. The number of hydrogen-bond donors (Lipinski definition) is 1. The Bertz CT molecular complexity index is 508. The van der Waals surface area contributed by atoms with Gasteiger partial charge in [-0.3, -0.25) is 4.79 Å². The average Bonchev–Trinajstić information content (AvgIpc) is 2.40. The molecule has 0 atom stereocenters. The molecule has 0 fully saturated rings. The summed E-state index contributed by atoms with van der Waals surface area (Å²) in [7, 11) is 0. The molecule has 2 nitrogen and oxygen atoms in total. The van der Waals surface area contributed by atoms with E-state index < -0.39 is 0 Å². The number of rotatable bonds is 4. The van der Waals surface area contributed by atoms with Crippen molar-refractivity contribution in [3.05, 3.63) is 48.5 Å². The Kier molecular flexibility index (Phi) is 3.83. The molecule has 0 bridgehead atoms. The van der Waals surface area contributed by atoms with Crippen LogP contribution < -0.4 is 5.32 Å². The number of carbonyl (C=O) groups excluding carboxylic acids is 1. The molecule has 2 aromatic rings. The van der Waals surface area contributed by atoms with E-state index >= 15 is 0 Å². The third kappa shape index (κ3) is 2.88. The average molecular weight is 243 g/mol. The second-order valence-corrected chi connectivity index (χ2v) is 4.45. The van der Waals surface area contributed by atoms with Crippen LogP contribution in [0.25, 0.3) is 11.1 Å². The van der Waals surface area contributed by atoms with Gasteiger partial charge in [-0.25, -0.2) is 0 Å². The molecule has 0 aliphatic carbocycles. The number of hydrogen-bond acceptors (Lipinski definition) is 2. The van der Waals surface area contributed by atoms with E-state index in [4.69, 9.17) is 0 Å². The number of benzene rings is 2. The van der Waals surface area contributed by atoms with E-state index in [2.05, 4.69) is 35.8 Å². The molecule has 1 amide bonds. The summed E-state index contributed by atoms with van der Waals surface area (Å²) >= 11 is 1.73. The van der Waals surface area contributed by atoms with Gasteiger partial charge in [-0.05, 0) is 41.6 Å². The van der Waals surface area contributed by atoms with Gasteiger partial charge in [0.15, 0.2) is 0 Å². The van der Waals surface area contributed by atoms with Crippen LogP contribution in [0.3, 0.4) is 0 Å². The molecule has 86 valence electrons. The molecule has 2 rings (SSSR count). The van der Waals surface area contributed by atoms with E-state index in [1.807, 2.05) is 24.3 Å². The third-order valence-electron chi connectivity index (χ3n) is 2.51. The SMILES string of the molecule is CSc1ccc(-c2cccc(NC=O)c2)cc1. The van der Waals surface area contributed by atoms with Crippen molar-refractivity contribution in [2.45, 2.75) is 4.90 Å². The normalized spacial score (nSPS) is 9.94. The minimum Gasteiger partial charge on any atom is -0.329 e. The number of amides is 1. The Morgan fingerprint density at radius 2 is 1.82 bits per heavy atom. The van der Waals surface area contributed by atoms with Crippen LogP contribution in [0.15, 0.2) is 53.4 Å². The molecule has 0 spiro atoms. The van der Waals surface area contributed by atoms with Gasteiger partial charge in [0.1, 0.15) is 0 Å². The molecule has 0 radical (unpaired) electrons. The summed E-state index contributed by atoms with van der Waals surface area (Å²) < 4.78 is 0. The Labute approximate surface area is 105 Å². The van der Waals surface area contributed by atoms with Crippen LogP contribution >= 0.6 is 11.8 Å². The van der Waals surface area contributed by atoms with E-state index in [1.54, 1.807) is 11.8 Å². The number of carbonyl (C=O) groups is 1. The van der Waals surface area contributed by atoms with Crippen molar-refractivity contribution in [2.75, 3.05) is 11.6 Å². The van der Waals surface area contributed by atoms with Crippen molar-refractivity contribution < 1.29 is 4.79 Å². The maximum absolute atomic E-state index is 10.4. The van der Waals surface area contributed by atoms with E-state index in [0.717, 1.165) is 16.8 Å². The molecule has 1 N–H and O–H groups in total. The van der Waals surface area contributed by atoms with Crippen molar-refractivity contribution in [3.8, 4) is 11.1 Å². The maximum Gasteiger partial charge on any atom is 0.211 e. The predicted octanol–water partition coefficient (Wildman–Crippen LogP) is 3.64. The number of thioether (sulfide) groups is 1. The van der Waals surface area contributed by atoms with Crippen LogP contribution in [0.2, 0.25) is 0 Å². The van der Waals surface area contributed by atoms with Gasteiger partial charge in [0.2, 0.25) is 6.41 Å². The summed E-state index contributed by atoms with van der Waals surface area (Å²) in [5.74, 6) is 0. The zero-order valence-corrected chi connectivity index (χ0v) is 10.3. The zero-order valence-electron chi connectivity index (χ0n) is 9.51.